The van der Waals surface area contributed by atoms with Gasteiger partial charge in [0.05, 0.1) is 0 Å². The molecule has 5 nitrogen and oxygen atoms in total. The molecule has 8 heteroatoms. The van der Waals surface area contributed by atoms with Gasteiger partial charge in [-0.3, -0.25) is 0 Å². The summed E-state index contributed by atoms with van der Waals surface area (Å²) in [6, 6.07) is 0. The first kappa shape index (κ1) is 15.1. The van der Waals surface area contributed by atoms with E-state index in [1.54, 1.807) is 17.8 Å². The van der Waals surface area contributed by atoms with E-state index in [1.807, 2.05) is 0 Å². The minimum absolute atomic E-state index is 0.00892. The molecule has 1 atom stereocenters. The lowest BCUT2D eigenvalue weighted by molar-refractivity contribution is -0.141. The van der Waals surface area contributed by atoms with Crippen molar-refractivity contribution in [3.8, 4) is 11.5 Å². The number of ether oxygens (including phenoxy) is 1. The van der Waals surface area contributed by atoms with E-state index in [1.165, 1.54) is 6.92 Å². The Morgan fingerprint density at radius 3 is 2.68 bits per heavy atom. The second-order valence-electron chi connectivity index (χ2n) is 5.52. The maximum absolute atomic E-state index is 12.8. The highest BCUT2D eigenvalue weighted by Crippen LogP contribution is 2.33. The summed E-state index contributed by atoms with van der Waals surface area (Å²) in [5.41, 5.74) is 0.278. The van der Waals surface area contributed by atoms with Crippen molar-refractivity contribution in [2.75, 3.05) is 6.61 Å². The Bertz CT molecular complexity index is 668. The standard InChI is InChI=1S/C14H17F3N4O/c1-8-7-21(10-5-3-4-6-22-10)20-11(8)13-18-9(2)12(19-13)14(15,16)17/h7,10H,3-6H2,1-2H3,(H,18,19). The first-order valence-electron chi connectivity index (χ1n) is 7.18. The van der Waals surface area contributed by atoms with Gasteiger partial charge < -0.3 is 9.72 Å². The molecule has 0 aliphatic carbocycles. The molecule has 1 unspecified atom stereocenters. The molecular formula is C14H17F3N4O. The van der Waals surface area contributed by atoms with Crippen LogP contribution in [-0.4, -0.2) is 26.4 Å². The van der Waals surface area contributed by atoms with Crippen molar-refractivity contribution in [2.45, 2.75) is 45.5 Å². The van der Waals surface area contributed by atoms with Gasteiger partial charge in [-0.25, -0.2) is 9.67 Å². The summed E-state index contributed by atoms with van der Waals surface area (Å²) < 4.78 is 45.9. The van der Waals surface area contributed by atoms with Crippen LogP contribution in [0, 0.1) is 13.8 Å². The highest BCUT2D eigenvalue weighted by molar-refractivity contribution is 5.55. The van der Waals surface area contributed by atoms with Crippen LogP contribution in [0.1, 0.15) is 42.4 Å². The number of nitrogens with zero attached hydrogens (tertiary/aromatic N) is 3. The fourth-order valence-corrected chi connectivity index (χ4v) is 2.65. The summed E-state index contributed by atoms with van der Waals surface area (Å²) in [6.45, 7) is 3.83. The summed E-state index contributed by atoms with van der Waals surface area (Å²) in [6.07, 6.45) is 0.0933. The van der Waals surface area contributed by atoms with Crippen molar-refractivity contribution in [3.05, 3.63) is 23.1 Å². The lowest BCUT2D eigenvalue weighted by Crippen LogP contribution is -2.18. The monoisotopic (exact) mass is 314 g/mol. The molecule has 0 bridgehead atoms. The number of alkyl halides is 3. The van der Waals surface area contributed by atoms with E-state index in [4.69, 9.17) is 4.74 Å². The minimum Gasteiger partial charge on any atom is -0.357 e. The molecule has 120 valence electrons. The molecule has 1 N–H and O–H groups in total. The van der Waals surface area contributed by atoms with Crippen LogP contribution in [0.25, 0.3) is 11.5 Å². The number of rotatable bonds is 2. The first-order chi connectivity index (χ1) is 10.4. The number of hydrogen-bond donors (Lipinski definition) is 1. The highest BCUT2D eigenvalue weighted by atomic mass is 19.4. The van der Waals surface area contributed by atoms with Crippen molar-refractivity contribution >= 4 is 0 Å². The van der Waals surface area contributed by atoms with E-state index in [0.717, 1.165) is 24.8 Å². The molecule has 2 aromatic rings. The van der Waals surface area contributed by atoms with Crippen molar-refractivity contribution < 1.29 is 17.9 Å². The molecule has 0 saturated carbocycles. The molecule has 0 amide bonds. The third kappa shape index (κ3) is 2.75. The fourth-order valence-electron chi connectivity index (χ4n) is 2.65. The smallest absolute Gasteiger partial charge is 0.357 e. The number of aromatic nitrogens is 4. The Morgan fingerprint density at radius 1 is 1.32 bits per heavy atom. The molecule has 0 spiro atoms. The number of aryl methyl sites for hydroxylation is 2. The van der Waals surface area contributed by atoms with Gasteiger partial charge in [0.25, 0.3) is 0 Å². The molecule has 1 fully saturated rings. The van der Waals surface area contributed by atoms with Crippen LogP contribution in [-0.2, 0) is 10.9 Å². The molecule has 1 saturated heterocycles. The van der Waals surface area contributed by atoms with Crippen molar-refractivity contribution in [3.63, 3.8) is 0 Å². The van der Waals surface area contributed by atoms with E-state index in [0.29, 0.717) is 12.3 Å². The molecule has 3 rings (SSSR count). The quantitative estimate of drug-likeness (QED) is 0.921. The molecule has 1 aliphatic rings. The molecule has 0 radical (unpaired) electrons. The largest absolute Gasteiger partial charge is 0.435 e. The average molecular weight is 314 g/mol. The predicted octanol–water partition coefficient (Wildman–Crippen LogP) is 3.61. The van der Waals surface area contributed by atoms with Gasteiger partial charge in [-0.1, -0.05) is 0 Å². The third-order valence-corrected chi connectivity index (χ3v) is 3.74. The summed E-state index contributed by atoms with van der Waals surface area (Å²) in [7, 11) is 0. The van der Waals surface area contributed by atoms with Crippen LogP contribution >= 0.6 is 0 Å². The molecule has 0 aromatic carbocycles. The van der Waals surface area contributed by atoms with E-state index in [9.17, 15) is 13.2 Å². The Balaban J connectivity index is 1.94. The highest BCUT2D eigenvalue weighted by Gasteiger charge is 2.36. The Kier molecular flexibility index (Phi) is 3.72. The van der Waals surface area contributed by atoms with E-state index >= 15 is 0 Å². The van der Waals surface area contributed by atoms with Crippen LogP contribution in [0.4, 0.5) is 13.2 Å². The number of nitrogens with one attached hydrogen (secondary N) is 1. The van der Waals surface area contributed by atoms with Crippen LogP contribution in [0.3, 0.4) is 0 Å². The second-order valence-corrected chi connectivity index (χ2v) is 5.52. The Hall–Kier alpha value is -1.83. The zero-order chi connectivity index (χ0) is 15.9. The summed E-state index contributed by atoms with van der Waals surface area (Å²) in [5.74, 6) is 0.136. The zero-order valence-electron chi connectivity index (χ0n) is 12.4. The number of imidazole rings is 1. The van der Waals surface area contributed by atoms with E-state index < -0.39 is 11.9 Å². The molecular weight excluding hydrogens is 297 g/mol. The van der Waals surface area contributed by atoms with E-state index in [2.05, 4.69) is 15.1 Å². The Morgan fingerprint density at radius 2 is 2.09 bits per heavy atom. The first-order valence-corrected chi connectivity index (χ1v) is 7.18. The van der Waals surface area contributed by atoms with Gasteiger partial charge in [-0.15, -0.1) is 0 Å². The lowest BCUT2D eigenvalue weighted by atomic mass is 10.2. The van der Waals surface area contributed by atoms with Crippen LogP contribution in [0.15, 0.2) is 6.20 Å². The lowest BCUT2D eigenvalue weighted by Gasteiger charge is -2.22. The fraction of sp³-hybridized carbons (Fsp3) is 0.571. The van der Waals surface area contributed by atoms with Gasteiger partial charge in [-0.05, 0) is 38.7 Å². The molecule has 1 aliphatic heterocycles. The summed E-state index contributed by atoms with van der Waals surface area (Å²) >= 11 is 0. The van der Waals surface area contributed by atoms with Crippen LogP contribution in [0.2, 0.25) is 0 Å². The summed E-state index contributed by atoms with van der Waals surface area (Å²) in [5, 5.41) is 4.37. The van der Waals surface area contributed by atoms with Gasteiger partial charge in [0.15, 0.2) is 11.5 Å². The van der Waals surface area contributed by atoms with Crippen LogP contribution in [0.5, 0.6) is 0 Å². The third-order valence-electron chi connectivity index (χ3n) is 3.74. The van der Waals surface area contributed by atoms with Gasteiger partial charge in [-0.2, -0.15) is 18.3 Å². The number of hydrogen-bond acceptors (Lipinski definition) is 3. The van der Waals surface area contributed by atoms with Crippen molar-refractivity contribution in [1.29, 1.82) is 0 Å². The van der Waals surface area contributed by atoms with Crippen molar-refractivity contribution in [1.82, 2.24) is 19.7 Å². The van der Waals surface area contributed by atoms with E-state index in [-0.39, 0.29) is 17.7 Å². The maximum atomic E-state index is 12.8. The zero-order valence-corrected chi connectivity index (χ0v) is 12.4. The molecule has 2 aromatic heterocycles. The van der Waals surface area contributed by atoms with Crippen LogP contribution < -0.4 is 0 Å². The minimum atomic E-state index is -4.47. The van der Waals surface area contributed by atoms with Gasteiger partial charge in [0, 0.05) is 18.5 Å². The average Bonchev–Trinajstić information content (AvgIpc) is 3.02. The predicted molar refractivity (Wildman–Crippen MR) is 73.1 cm³/mol. The topological polar surface area (TPSA) is 55.7 Å². The molecule has 22 heavy (non-hydrogen) atoms. The number of H-pyrrole nitrogens is 1. The number of halogens is 3. The number of aromatic amines is 1. The van der Waals surface area contributed by atoms with Crippen molar-refractivity contribution in [2.24, 2.45) is 0 Å². The second kappa shape index (κ2) is 5.42. The van der Waals surface area contributed by atoms with Gasteiger partial charge in [0.1, 0.15) is 11.9 Å². The summed E-state index contributed by atoms with van der Waals surface area (Å²) in [4.78, 5) is 6.35. The maximum Gasteiger partial charge on any atom is 0.435 e. The van der Waals surface area contributed by atoms with Gasteiger partial charge in [0.2, 0.25) is 0 Å². The van der Waals surface area contributed by atoms with Gasteiger partial charge >= 0.3 is 6.18 Å². The Labute approximate surface area is 125 Å². The normalized spacial score (nSPS) is 19.6. The molecule has 3 heterocycles. The SMILES string of the molecule is Cc1cn(C2CCCCO2)nc1-c1nc(C(F)(F)F)c(C)[nH]1.